The number of thioether (sulfide) groups is 1. The van der Waals surface area contributed by atoms with Crippen LogP contribution in [0.3, 0.4) is 0 Å². The highest BCUT2D eigenvalue weighted by molar-refractivity contribution is 7.99. The van der Waals surface area contributed by atoms with E-state index in [0.717, 1.165) is 29.1 Å². The summed E-state index contributed by atoms with van der Waals surface area (Å²) in [5.41, 5.74) is 0.860. The second-order valence-corrected chi connectivity index (χ2v) is 7.71. The van der Waals surface area contributed by atoms with Gasteiger partial charge >= 0.3 is 0 Å². The van der Waals surface area contributed by atoms with Gasteiger partial charge in [0, 0.05) is 23.1 Å². The molecule has 3 rings (SSSR count). The Balaban J connectivity index is 1.81. The Morgan fingerprint density at radius 1 is 1.29 bits per heavy atom. The summed E-state index contributed by atoms with van der Waals surface area (Å²) in [5, 5.41) is 11.8. The third kappa shape index (κ3) is 3.04. The molecule has 0 spiro atoms. The standard InChI is InChI=1S/C15H17Cl2NO2S/c16-11-7-10-1-4-18(9-12(10)13(17)8-11)14(19)15(20)2-5-21-6-3-15/h7-8,20H,1-6,9H2. The number of carbonyl (C=O) groups excluding carboxylic acids is 1. The van der Waals surface area contributed by atoms with Crippen molar-refractivity contribution in [2.24, 2.45) is 0 Å². The van der Waals surface area contributed by atoms with Crippen LogP contribution in [0, 0.1) is 0 Å². The molecule has 0 aromatic heterocycles. The van der Waals surface area contributed by atoms with E-state index < -0.39 is 5.60 Å². The first-order valence-electron chi connectivity index (χ1n) is 7.06. The number of carbonyl (C=O) groups is 1. The number of halogens is 2. The Labute approximate surface area is 138 Å². The number of fused-ring (bicyclic) bond motifs is 1. The average Bonchev–Trinajstić information content (AvgIpc) is 2.47. The number of hydrogen-bond donors (Lipinski definition) is 1. The smallest absolute Gasteiger partial charge is 0.254 e. The molecular weight excluding hydrogens is 329 g/mol. The van der Waals surface area contributed by atoms with Gasteiger partial charge in [0.25, 0.3) is 5.91 Å². The Hall–Kier alpha value is -0.420. The number of nitrogens with zero attached hydrogens (tertiary/aromatic N) is 1. The van der Waals surface area contributed by atoms with Crippen LogP contribution < -0.4 is 0 Å². The summed E-state index contributed by atoms with van der Waals surface area (Å²) in [6.45, 7) is 1.07. The molecule has 1 amide bonds. The second-order valence-electron chi connectivity index (χ2n) is 5.65. The van der Waals surface area contributed by atoms with Crippen molar-refractivity contribution in [2.45, 2.75) is 31.4 Å². The van der Waals surface area contributed by atoms with Crippen LogP contribution in [0.4, 0.5) is 0 Å². The Morgan fingerprint density at radius 2 is 2.00 bits per heavy atom. The zero-order chi connectivity index (χ0) is 15.0. The third-order valence-electron chi connectivity index (χ3n) is 4.26. The number of amides is 1. The van der Waals surface area contributed by atoms with Gasteiger partial charge in [-0.15, -0.1) is 0 Å². The van der Waals surface area contributed by atoms with Crippen LogP contribution in [0.1, 0.15) is 24.0 Å². The molecule has 1 saturated heterocycles. The summed E-state index contributed by atoms with van der Waals surface area (Å²) in [6, 6.07) is 3.62. The topological polar surface area (TPSA) is 40.5 Å². The van der Waals surface area contributed by atoms with Gasteiger partial charge in [0.2, 0.25) is 0 Å². The zero-order valence-corrected chi connectivity index (χ0v) is 13.9. The van der Waals surface area contributed by atoms with Crippen LogP contribution in [0.2, 0.25) is 10.0 Å². The quantitative estimate of drug-likeness (QED) is 0.849. The Morgan fingerprint density at radius 3 is 2.71 bits per heavy atom. The summed E-state index contributed by atoms with van der Waals surface area (Å²) in [5.74, 6) is 1.52. The fourth-order valence-corrected chi connectivity index (χ4v) is 4.74. The molecular formula is C15H17Cl2NO2S. The highest BCUT2D eigenvalue weighted by atomic mass is 35.5. The molecule has 2 aliphatic heterocycles. The van der Waals surface area contributed by atoms with Crippen molar-refractivity contribution in [1.82, 2.24) is 4.90 Å². The summed E-state index contributed by atoms with van der Waals surface area (Å²) >= 11 is 14.1. The lowest BCUT2D eigenvalue weighted by Gasteiger charge is -2.38. The van der Waals surface area contributed by atoms with Crippen LogP contribution in [-0.2, 0) is 17.8 Å². The maximum Gasteiger partial charge on any atom is 0.254 e. The van der Waals surface area contributed by atoms with Crippen LogP contribution >= 0.6 is 35.0 Å². The number of hydrogen-bond acceptors (Lipinski definition) is 3. The largest absolute Gasteiger partial charge is 0.380 e. The normalized spacial score (nSPS) is 21.0. The lowest BCUT2D eigenvalue weighted by atomic mass is 9.92. The van der Waals surface area contributed by atoms with Gasteiger partial charge in [0.05, 0.1) is 0 Å². The fourth-order valence-electron chi connectivity index (χ4n) is 2.97. The Kier molecular flexibility index (Phi) is 4.42. The third-order valence-corrected chi connectivity index (χ3v) is 5.80. The van der Waals surface area contributed by atoms with Crippen molar-refractivity contribution < 1.29 is 9.90 Å². The van der Waals surface area contributed by atoms with Crippen LogP contribution in [-0.4, -0.2) is 39.6 Å². The van der Waals surface area contributed by atoms with Crippen molar-refractivity contribution in [3.8, 4) is 0 Å². The van der Waals surface area contributed by atoms with Crippen LogP contribution in [0.25, 0.3) is 0 Å². The molecule has 0 bridgehead atoms. The van der Waals surface area contributed by atoms with Gasteiger partial charge in [-0.1, -0.05) is 23.2 Å². The molecule has 1 N–H and O–H groups in total. The lowest BCUT2D eigenvalue weighted by molar-refractivity contribution is -0.153. The van der Waals surface area contributed by atoms with Gasteiger partial charge in [0.1, 0.15) is 5.60 Å². The molecule has 0 atom stereocenters. The van der Waals surface area contributed by atoms with Gasteiger partial charge in [0.15, 0.2) is 0 Å². The molecule has 2 aliphatic rings. The predicted octanol–water partition coefficient (Wildman–Crippen LogP) is 3.14. The highest BCUT2D eigenvalue weighted by Gasteiger charge is 2.41. The molecule has 1 aromatic rings. The fraction of sp³-hybridized carbons (Fsp3) is 0.533. The lowest BCUT2D eigenvalue weighted by Crippen LogP contribution is -2.52. The van der Waals surface area contributed by atoms with E-state index in [1.807, 2.05) is 6.07 Å². The highest BCUT2D eigenvalue weighted by Crippen LogP contribution is 2.33. The second kappa shape index (κ2) is 5.99. The molecule has 1 fully saturated rings. The number of benzene rings is 1. The molecule has 0 aliphatic carbocycles. The van der Waals surface area contributed by atoms with Gasteiger partial charge in [-0.05, 0) is 54.0 Å². The zero-order valence-electron chi connectivity index (χ0n) is 11.6. The Bertz CT molecular complexity index is 573. The van der Waals surface area contributed by atoms with Crippen molar-refractivity contribution in [1.29, 1.82) is 0 Å². The monoisotopic (exact) mass is 345 g/mol. The first kappa shape index (κ1) is 15.5. The minimum absolute atomic E-state index is 0.153. The van der Waals surface area contributed by atoms with Gasteiger partial charge < -0.3 is 10.0 Å². The van der Waals surface area contributed by atoms with E-state index in [-0.39, 0.29) is 5.91 Å². The van der Waals surface area contributed by atoms with E-state index in [2.05, 4.69) is 0 Å². The van der Waals surface area contributed by atoms with Crippen LogP contribution in [0.5, 0.6) is 0 Å². The number of rotatable bonds is 1. The van der Waals surface area contributed by atoms with E-state index >= 15 is 0 Å². The maximum absolute atomic E-state index is 12.7. The van der Waals surface area contributed by atoms with E-state index in [1.54, 1.807) is 22.7 Å². The molecule has 1 aromatic carbocycles. The van der Waals surface area contributed by atoms with E-state index in [9.17, 15) is 9.90 Å². The molecule has 6 heteroatoms. The summed E-state index contributed by atoms with van der Waals surface area (Å²) < 4.78 is 0. The molecule has 3 nitrogen and oxygen atoms in total. The number of aliphatic hydroxyl groups is 1. The van der Waals surface area contributed by atoms with Crippen LogP contribution in [0.15, 0.2) is 12.1 Å². The molecule has 0 saturated carbocycles. The maximum atomic E-state index is 12.7. The summed E-state index contributed by atoms with van der Waals surface area (Å²) in [7, 11) is 0. The van der Waals surface area contributed by atoms with E-state index in [4.69, 9.17) is 23.2 Å². The minimum Gasteiger partial charge on any atom is -0.380 e. The molecule has 21 heavy (non-hydrogen) atoms. The van der Waals surface area contributed by atoms with Crippen molar-refractivity contribution in [3.63, 3.8) is 0 Å². The summed E-state index contributed by atoms with van der Waals surface area (Å²) in [6.07, 6.45) is 1.80. The molecule has 0 unspecified atom stereocenters. The summed E-state index contributed by atoms with van der Waals surface area (Å²) in [4.78, 5) is 14.4. The van der Waals surface area contributed by atoms with Gasteiger partial charge in [-0.25, -0.2) is 0 Å². The van der Waals surface area contributed by atoms with E-state index in [0.29, 0.717) is 36.0 Å². The SMILES string of the molecule is O=C(N1CCc2cc(Cl)cc(Cl)c2C1)C1(O)CCSCC1. The minimum atomic E-state index is -1.19. The van der Waals surface area contributed by atoms with Gasteiger partial charge in [-0.3, -0.25) is 4.79 Å². The molecule has 2 heterocycles. The predicted molar refractivity (Wildman–Crippen MR) is 87.1 cm³/mol. The van der Waals surface area contributed by atoms with Gasteiger partial charge in [-0.2, -0.15) is 11.8 Å². The molecule has 0 radical (unpaired) electrons. The first-order chi connectivity index (χ1) is 9.99. The van der Waals surface area contributed by atoms with Crippen molar-refractivity contribution in [2.75, 3.05) is 18.1 Å². The van der Waals surface area contributed by atoms with E-state index in [1.165, 1.54) is 0 Å². The van der Waals surface area contributed by atoms with Crippen molar-refractivity contribution in [3.05, 3.63) is 33.3 Å². The average molecular weight is 346 g/mol. The first-order valence-corrected chi connectivity index (χ1v) is 8.97. The van der Waals surface area contributed by atoms with Crippen molar-refractivity contribution >= 4 is 40.9 Å². The molecule has 114 valence electrons.